The highest BCUT2D eigenvalue weighted by Gasteiger charge is 2.32. The van der Waals surface area contributed by atoms with E-state index in [1.54, 1.807) is 11.3 Å². The Morgan fingerprint density at radius 3 is 2.07 bits per heavy atom. The van der Waals surface area contributed by atoms with Gasteiger partial charge in [-0.15, -0.1) is 11.3 Å². The highest BCUT2D eigenvalue weighted by Crippen LogP contribution is 2.38. The molecule has 0 unspecified atom stereocenters. The van der Waals surface area contributed by atoms with Crippen molar-refractivity contribution in [1.29, 1.82) is 0 Å². The Labute approximate surface area is 195 Å². The third-order valence-electron chi connectivity index (χ3n) is 5.67. The van der Waals surface area contributed by atoms with Crippen LogP contribution < -0.4 is 0 Å². The molecule has 0 aliphatic heterocycles. The van der Waals surface area contributed by atoms with E-state index in [-0.39, 0.29) is 5.41 Å². The molecule has 162 valence electrons. The summed E-state index contributed by atoms with van der Waals surface area (Å²) in [5, 5.41) is 0. The third kappa shape index (κ3) is 3.67. The molecule has 0 saturated carbocycles. The van der Waals surface area contributed by atoms with Crippen molar-refractivity contribution in [2.24, 2.45) is 0 Å². The van der Waals surface area contributed by atoms with Crippen LogP contribution in [-0.4, -0.2) is 18.8 Å². The summed E-state index contributed by atoms with van der Waals surface area (Å²) in [5.74, 6) is 1.32. The van der Waals surface area contributed by atoms with Crippen molar-refractivity contribution in [3.63, 3.8) is 0 Å². The van der Waals surface area contributed by atoms with Crippen LogP contribution >= 0.6 is 38.6 Å². The van der Waals surface area contributed by atoms with Gasteiger partial charge in [0, 0.05) is 34.1 Å². The number of hydrogen-bond donors (Lipinski definition) is 0. The lowest BCUT2D eigenvalue weighted by Gasteiger charge is -2.24. The van der Waals surface area contributed by atoms with Crippen LogP contribution in [0.3, 0.4) is 0 Å². The Morgan fingerprint density at radius 1 is 0.867 bits per heavy atom. The van der Waals surface area contributed by atoms with Gasteiger partial charge in [0.05, 0.1) is 15.2 Å². The van der Waals surface area contributed by atoms with Gasteiger partial charge in [-0.2, -0.15) is 0 Å². The highest BCUT2D eigenvalue weighted by molar-refractivity contribution is 9.11. The lowest BCUT2D eigenvalue weighted by Crippen LogP contribution is -2.23. The Bertz CT molecular complexity index is 1200. The molecule has 4 heterocycles. The van der Waals surface area contributed by atoms with Gasteiger partial charge < -0.3 is 0 Å². The van der Waals surface area contributed by atoms with Crippen molar-refractivity contribution < 1.29 is 0 Å². The van der Waals surface area contributed by atoms with Crippen molar-refractivity contribution in [3.05, 3.63) is 43.8 Å². The number of fused-ring (bicyclic) bond motifs is 2. The summed E-state index contributed by atoms with van der Waals surface area (Å²) in [6.45, 7) is 18.2. The van der Waals surface area contributed by atoms with Crippen molar-refractivity contribution in [2.75, 3.05) is 0 Å². The summed E-state index contributed by atoms with van der Waals surface area (Å²) in [6.07, 6.45) is 5.44. The maximum atomic E-state index is 5.08. The van der Waals surface area contributed by atoms with E-state index in [1.165, 1.54) is 27.7 Å². The standard InChI is InChI=1S/C23H31BrN4S2/c1-12(2)17-18(13(3)4)27-10-15(29-21(27)25-17)9-23(7,8)20-19(14(5)6)28-11-16(24)30-22(28)26-20/h10-14H,9H2,1-8H3. The van der Waals surface area contributed by atoms with Gasteiger partial charge in [0.2, 0.25) is 0 Å². The van der Waals surface area contributed by atoms with Gasteiger partial charge in [-0.05, 0) is 40.1 Å². The summed E-state index contributed by atoms with van der Waals surface area (Å²) >= 11 is 7.14. The molecule has 0 spiro atoms. The van der Waals surface area contributed by atoms with Gasteiger partial charge in [0.25, 0.3) is 0 Å². The Balaban J connectivity index is 1.75. The number of hydrogen-bond acceptors (Lipinski definition) is 4. The number of rotatable bonds is 6. The predicted octanol–water partition coefficient (Wildman–Crippen LogP) is 7.76. The summed E-state index contributed by atoms with van der Waals surface area (Å²) in [5.41, 5.74) is 5.08. The first-order valence-electron chi connectivity index (χ1n) is 10.7. The number of halogens is 1. The molecule has 30 heavy (non-hydrogen) atoms. The van der Waals surface area contributed by atoms with E-state index in [2.05, 4.69) is 92.5 Å². The molecular weight excluding hydrogens is 476 g/mol. The smallest absolute Gasteiger partial charge is 0.195 e. The van der Waals surface area contributed by atoms with Gasteiger partial charge in [0.15, 0.2) is 9.92 Å². The third-order valence-corrected chi connectivity index (χ3v) is 8.12. The zero-order valence-corrected chi connectivity index (χ0v) is 22.3. The Hall–Kier alpha value is -1.18. The lowest BCUT2D eigenvalue weighted by molar-refractivity contribution is 0.501. The fourth-order valence-electron chi connectivity index (χ4n) is 4.41. The molecular formula is C23H31BrN4S2. The zero-order valence-electron chi connectivity index (χ0n) is 19.1. The lowest BCUT2D eigenvalue weighted by atomic mass is 9.82. The largest absolute Gasteiger partial charge is 0.294 e. The molecule has 0 aliphatic carbocycles. The van der Waals surface area contributed by atoms with Crippen molar-refractivity contribution in [1.82, 2.24) is 18.8 Å². The first kappa shape index (κ1) is 22.0. The van der Waals surface area contributed by atoms with Crippen LogP contribution in [0.2, 0.25) is 0 Å². The van der Waals surface area contributed by atoms with Gasteiger partial charge in [-0.1, -0.05) is 66.7 Å². The molecule has 0 bridgehead atoms. The number of aromatic nitrogens is 4. The minimum Gasteiger partial charge on any atom is -0.294 e. The van der Waals surface area contributed by atoms with Crippen LogP contribution in [-0.2, 0) is 11.8 Å². The highest BCUT2D eigenvalue weighted by atomic mass is 79.9. The fourth-order valence-corrected chi connectivity index (χ4v) is 6.99. The zero-order chi connectivity index (χ0) is 22.0. The predicted molar refractivity (Wildman–Crippen MR) is 133 cm³/mol. The molecule has 0 amide bonds. The first-order chi connectivity index (χ1) is 14.0. The maximum Gasteiger partial charge on any atom is 0.195 e. The second kappa shape index (κ2) is 7.75. The first-order valence-corrected chi connectivity index (χ1v) is 13.1. The molecule has 0 N–H and O–H groups in total. The Kier molecular flexibility index (Phi) is 5.69. The SMILES string of the molecule is CC(C)c1nc2sc(CC(C)(C)c3nc4sc(Br)cn4c3C(C)C)cn2c1C(C)C. The number of nitrogens with zero attached hydrogens (tertiary/aromatic N) is 4. The van der Waals surface area contributed by atoms with Gasteiger partial charge >= 0.3 is 0 Å². The van der Waals surface area contributed by atoms with Crippen LogP contribution in [0.25, 0.3) is 9.92 Å². The molecule has 0 fully saturated rings. The second-order valence-corrected chi connectivity index (χ2v) is 13.3. The normalized spacial score (nSPS) is 13.2. The molecule has 4 rings (SSSR count). The van der Waals surface area contributed by atoms with E-state index in [0.717, 1.165) is 20.1 Å². The summed E-state index contributed by atoms with van der Waals surface area (Å²) in [4.78, 5) is 13.6. The van der Waals surface area contributed by atoms with E-state index in [9.17, 15) is 0 Å². The molecule has 0 aliphatic rings. The van der Waals surface area contributed by atoms with Crippen LogP contribution in [0.1, 0.15) is 101 Å². The quantitative estimate of drug-likeness (QED) is 0.267. The summed E-state index contributed by atoms with van der Waals surface area (Å²) in [6, 6.07) is 0. The summed E-state index contributed by atoms with van der Waals surface area (Å²) in [7, 11) is 0. The van der Waals surface area contributed by atoms with Crippen molar-refractivity contribution in [3.8, 4) is 0 Å². The van der Waals surface area contributed by atoms with E-state index in [1.807, 2.05) is 11.3 Å². The van der Waals surface area contributed by atoms with E-state index < -0.39 is 0 Å². The van der Waals surface area contributed by atoms with Gasteiger partial charge in [0.1, 0.15) is 0 Å². The van der Waals surface area contributed by atoms with Crippen LogP contribution in [0.4, 0.5) is 0 Å². The topological polar surface area (TPSA) is 34.6 Å². The number of imidazole rings is 2. The van der Waals surface area contributed by atoms with Gasteiger partial charge in [-0.25, -0.2) is 9.97 Å². The molecule has 4 nitrogen and oxygen atoms in total. The monoisotopic (exact) mass is 506 g/mol. The molecule has 4 aromatic rings. The molecule has 0 atom stereocenters. The van der Waals surface area contributed by atoms with Crippen LogP contribution in [0.5, 0.6) is 0 Å². The van der Waals surface area contributed by atoms with Gasteiger partial charge in [-0.3, -0.25) is 8.80 Å². The molecule has 0 saturated heterocycles. The molecule has 7 heteroatoms. The average Bonchev–Trinajstić information content (AvgIpc) is 3.30. The van der Waals surface area contributed by atoms with Crippen LogP contribution in [0, 0.1) is 0 Å². The molecule has 0 radical (unpaired) electrons. The average molecular weight is 508 g/mol. The van der Waals surface area contributed by atoms with Crippen molar-refractivity contribution in [2.45, 2.75) is 85.0 Å². The minimum atomic E-state index is -0.0560. The fraction of sp³-hybridized carbons (Fsp3) is 0.565. The van der Waals surface area contributed by atoms with E-state index >= 15 is 0 Å². The molecule has 4 aromatic heterocycles. The second-order valence-electron chi connectivity index (χ2n) is 9.79. The minimum absolute atomic E-state index is 0.0560. The van der Waals surface area contributed by atoms with Crippen LogP contribution in [0.15, 0.2) is 16.2 Å². The van der Waals surface area contributed by atoms with Crippen molar-refractivity contribution >= 4 is 48.5 Å². The number of thiazole rings is 2. The van der Waals surface area contributed by atoms with E-state index in [4.69, 9.17) is 9.97 Å². The Morgan fingerprint density at radius 2 is 1.47 bits per heavy atom. The maximum absolute atomic E-state index is 5.08. The van der Waals surface area contributed by atoms with E-state index in [0.29, 0.717) is 17.8 Å². The molecule has 0 aromatic carbocycles. The summed E-state index contributed by atoms with van der Waals surface area (Å²) < 4.78 is 5.73.